The second kappa shape index (κ2) is 8.53. The second-order valence-electron chi connectivity index (χ2n) is 7.74. The highest BCUT2D eigenvalue weighted by Gasteiger charge is 2.15. The zero-order valence-corrected chi connectivity index (χ0v) is 18.5. The summed E-state index contributed by atoms with van der Waals surface area (Å²) in [4.78, 5) is 14.8. The number of likely N-dealkylation sites (N-methyl/N-ethyl adjacent to an activating group) is 1. The molecule has 2 aromatic carbocycles. The number of hydrogen-bond acceptors (Lipinski definition) is 7. The van der Waals surface area contributed by atoms with Gasteiger partial charge in [0.05, 0.1) is 12.5 Å². The second-order valence-corrected chi connectivity index (χ2v) is 8.60. The van der Waals surface area contributed by atoms with Crippen molar-refractivity contribution < 1.29 is 4.74 Å². The third-order valence-corrected chi connectivity index (χ3v) is 6.66. The molecule has 1 fully saturated rings. The summed E-state index contributed by atoms with van der Waals surface area (Å²) in [6.45, 7) is 4.34. The maximum atomic E-state index is 5.30. The van der Waals surface area contributed by atoms with Crippen LogP contribution in [-0.2, 0) is 0 Å². The number of piperazine rings is 1. The molecule has 3 heterocycles. The zero-order valence-electron chi connectivity index (χ0n) is 17.7. The van der Waals surface area contributed by atoms with Crippen LogP contribution in [0.4, 0.5) is 17.2 Å². The number of aromatic nitrogens is 2. The topological polar surface area (TPSA) is 53.5 Å². The number of rotatable bonds is 5. The lowest BCUT2D eigenvalue weighted by Crippen LogP contribution is -2.44. The summed E-state index contributed by atoms with van der Waals surface area (Å²) < 4.78 is 5.30. The van der Waals surface area contributed by atoms with Crippen molar-refractivity contribution in [3.63, 3.8) is 0 Å². The van der Waals surface area contributed by atoms with E-state index in [0.29, 0.717) is 0 Å². The molecule has 0 spiro atoms. The average molecular weight is 432 g/mol. The van der Waals surface area contributed by atoms with Gasteiger partial charge in [0, 0.05) is 48.5 Å². The highest BCUT2D eigenvalue weighted by molar-refractivity contribution is 7.17. The van der Waals surface area contributed by atoms with Crippen LogP contribution in [0.15, 0.2) is 60.2 Å². The minimum Gasteiger partial charge on any atom is -0.497 e. The van der Waals surface area contributed by atoms with Crippen molar-refractivity contribution >= 4 is 38.7 Å². The molecule has 0 unspecified atom stereocenters. The summed E-state index contributed by atoms with van der Waals surface area (Å²) in [7, 11) is 3.86. The molecular weight excluding hydrogens is 406 g/mol. The normalized spacial score (nSPS) is 14.7. The van der Waals surface area contributed by atoms with Gasteiger partial charge in [-0.15, -0.1) is 11.3 Å². The zero-order chi connectivity index (χ0) is 21.2. The van der Waals surface area contributed by atoms with E-state index in [1.165, 1.54) is 5.69 Å². The average Bonchev–Trinajstić information content (AvgIpc) is 3.26. The maximum absolute atomic E-state index is 5.30. The van der Waals surface area contributed by atoms with Gasteiger partial charge < -0.3 is 19.9 Å². The molecule has 0 aliphatic carbocycles. The number of nitrogens with one attached hydrogen (secondary N) is 1. The lowest BCUT2D eigenvalue weighted by molar-refractivity contribution is 0.313. The lowest BCUT2D eigenvalue weighted by atomic mass is 10.1. The molecule has 0 atom stereocenters. The molecule has 0 radical (unpaired) electrons. The van der Waals surface area contributed by atoms with E-state index in [9.17, 15) is 0 Å². The molecule has 5 rings (SSSR count). The molecular formula is C24H25N5OS. The fourth-order valence-corrected chi connectivity index (χ4v) is 4.83. The fraction of sp³-hybridized carbons (Fsp3) is 0.250. The lowest BCUT2D eigenvalue weighted by Gasteiger charge is -2.34. The number of ether oxygens (including phenoxy) is 1. The van der Waals surface area contributed by atoms with Gasteiger partial charge in [-0.2, -0.15) is 0 Å². The Labute approximate surface area is 186 Å². The van der Waals surface area contributed by atoms with Gasteiger partial charge in [-0.3, -0.25) is 0 Å². The summed E-state index contributed by atoms with van der Waals surface area (Å²) in [5.41, 5.74) is 4.53. The van der Waals surface area contributed by atoms with E-state index in [-0.39, 0.29) is 0 Å². The molecule has 1 saturated heterocycles. The molecule has 7 heteroatoms. The minimum absolute atomic E-state index is 0.824. The van der Waals surface area contributed by atoms with Crippen LogP contribution in [0, 0.1) is 0 Å². The standard InChI is InChI=1S/C24H25N5OS/c1-28-11-13-29(14-12-28)19-7-5-18(6-8-19)27-23-22-21(15-31-24(22)26-16-25-23)17-3-9-20(30-2)10-4-17/h3-10,15-16H,11-14H2,1-2H3,(H,25,26,27). The summed E-state index contributed by atoms with van der Waals surface area (Å²) in [5.74, 6) is 1.67. The highest BCUT2D eigenvalue weighted by Crippen LogP contribution is 2.38. The first-order chi connectivity index (χ1) is 15.2. The minimum atomic E-state index is 0.824. The predicted octanol–water partition coefficient (Wildman–Crippen LogP) is 4.86. The van der Waals surface area contributed by atoms with E-state index in [1.807, 2.05) is 12.1 Å². The van der Waals surface area contributed by atoms with Crippen LogP contribution < -0.4 is 15.0 Å². The van der Waals surface area contributed by atoms with Gasteiger partial charge in [-0.05, 0) is 49.0 Å². The van der Waals surface area contributed by atoms with Gasteiger partial charge in [0.25, 0.3) is 0 Å². The van der Waals surface area contributed by atoms with E-state index < -0.39 is 0 Å². The van der Waals surface area contributed by atoms with Crippen LogP contribution in [0.3, 0.4) is 0 Å². The van der Waals surface area contributed by atoms with Crippen LogP contribution in [0.1, 0.15) is 0 Å². The van der Waals surface area contributed by atoms with Crippen LogP contribution >= 0.6 is 11.3 Å². The fourth-order valence-electron chi connectivity index (χ4n) is 3.91. The highest BCUT2D eigenvalue weighted by atomic mass is 32.1. The first kappa shape index (κ1) is 19.8. The number of thiophene rings is 1. The summed E-state index contributed by atoms with van der Waals surface area (Å²) in [6, 6.07) is 16.7. The number of benzene rings is 2. The Balaban J connectivity index is 1.42. The number of nitrogens with zero attached hydrogens (tertiary/aromatic N) is 4. The number of fused-ring (bicyclic) bond motifs is 1. The summed E-state index contributed by atoms with van der Waals surface area (Å²) in [6.07, 6.45) is 1.62. The van der Waals surface area contributed by atoms with Crippen molar-refractivity contribution in [1.82, 2.24) is 14.9 Å². The number of hydrogen-bond donors (Lipinski definition) is 1. The van der Waals surface area contributed by atoms with Gasteiger partial charge in [0.2, 0.25) is 0 Å². The molecule has 31 heavy (non-hydrogen) atoms. The van der Waals surface area contributed by atoms with Crippen LogP contribution in [0.5, 0.6) is 5.75 Å². The molecule has 0 amide bonds. The third-order valence-electron chi connectivity index (χ3n) is 5.77. The van der Waals surface area contributed by atoms with Gasteiger partial charge >= 0.3 is 0 Å². The van der Waals surface area contributed by atoms with E-state index in [0.717, 1.165) is 64.8 Å². The maximum Gasteiger partial charge on any atom is 0.143 e. The number of anilines is 3. The Morgan fingerprint density at radius 2 is 1.68 bits per heavy atom. The first-order valence-corrected chi connectivity index (χ1v) is 11.3. The van der Waals surface area contributed by atoms with Gasteiger partial charge in [0.1, 0.15) is 22.7 Å². The molecule has 6 nitrogen and oxygen atoms in total. The summed E-state index contributed by atoms with van der Waals surface area (Å²) in [5, 5.41) is 6.69. The Kier molecular flexibility index (Phi) is 5.44. The van der Waals surface area contributed by atoms with Crippen molar-refractivity contribution in [2.24, 2.45) is 0 Å². The van der Waals surface area contributed by atoms with E-state index >= 15 is 0 Å². The smallest absolute Gasteiger partial charge is 0.143 e. The van der Waals surface area contributed by atoms with Crippen molar-refractivity contribution in [3.05, 3.63) is 60.2 Å². The quantitative estimate of drug-likeness (QED) is 0.487. The Morgan fingerprint density at radius 3 is 2.39 bits per heavy atom. The van der Waals surface area contributed by atoms with Crippen LogP contribution in [-0.4, -0.2) is 55.2 Å². The van der Waals surface area contributed by atoms with Crippen molar-refractivity contribution in [2.75, 3.05) is 50.6 Å². The Hall–Kier alpha value is -3.16. The van der Waals surface area contributed by atoms with Crippen molar-refractivity contribution in [2.45, 2.75) is 0 Å². The van der Waals surface area contributed by atoms with E-state index in [4.69, 9.17) is 4.74 Å². The van der Waals surface area contributed by atoms with Gasteiger partial charge in [-0.1, -0.05) is 12.1 Å². The van der Waals surface area contributed by atoms with E-state index in [1.54, 1.807) is 24.8 Å². The SMILES string of the molecule is COc1ccc(-c2csc3ncnc(Nc4ccc(N5CCN(C)CC5)cc4)c23)cc1. The predicted molar refractivity (Wildman–Crippen MR) is 129 cm³/mol. The van der Waals surface area contributed by atoms with Crippen molar-refractivity contribution in [3.8, 4) is 16.9 Å². The summed E-state index contributed by atoms with van der Waals surface area (Å²) >= 11 is 1.63. The monoisotopic (exact) mass is 431 g/mol. The molecule has 0 bridgehead atoms. The van der Waals surface area contributed by atoms with Gasteiger partial charge in [0.15, 0.2) is 0 Å². The molecule has 4 aromatic rings. The Morgan fingerprint density at radius 1 is 0.935 bits per heavy atom. The molecule has 1 N–H and O–H groups in total. The van der Waals surface area contributed by atoms with Crippen LogP contribution in [0.25, 0.3) is 21.3 Å². The molecule has 1 aliphatic heterocycles. The Bertz CT molecular complexity index is 1170. The van der Waals surface area contributed by atoms with E-state index in [2.05, 4.69) is 73.9 Å². The molecule has 1 aliphatic rings. The van der Waals surface area contributed by atoms with Gasteiger partial charge in [-0.25, -0.2) is 9.97 Å². The van der Waals surface area contributed by atoms with Crippen LogP contribution in [0.2, 0.25) is 0 Å². The first-order valence-electron chi connectivity index (χ1n) is 10.4. The van der Waals surface area contributed by atoms with Crippen molar-refractivity contribution in [1.29, 1.82) is 0 Å². The molecule has 0 saturated carbocycles. The third kappa shape index (κ3) is 4.06. The largest absolute Gasteiger partial charge is 0.497 e. The molecule has 2 aromatic heterocycles. The number of methoxy groups -OCH3 is 1. The molecule has 158 valence electrons.